The number of nitrogens with one attached hydrogen (secondary N) is 2. The summed E-state index contributed by atoms with van der Waals surface area (Å²) >= 11 is 0. The summed E-state index contributed by atoms with van der Waals surface area (Å²) in [6.07, 6.45) is 0. The number of para-hydroxylation sites is 2. The minimum Gasteiger partial charge on any atom is -0.457 e. The van der Waals surface area contributed by atoms with Gasteiger partial charge in [0.1, 0.15) is 28.8 Å². The number of benzene rings is 3. The Morgan fingerprint density at radius 1 is 0.767 bits per heavy atom. The number of aryl methyl sites for hydroxylation is 1. The Kier molecular flexibility index (Phi) is 5.66. The first kappa shape index (κ1) is 19.1. The first-order chi connectivity index (χ1) is 14.7. The van der Waals surface area contributed by atoms with Gasteiger partial charge >= 0.3 is 0 Å². The molecule has 0 bridgehead atoms. The fourth-order valence-corrected chi connectivity index (χ4v) is 2.84. The van der Waals surface area contributed by atoms with E-state index in [1.807, 2.05) is 60.7 Å². The van der Waals surface area contributed by atoms with Crippen LogP contribution in [0.1, 0.15) is 16.3 Å². The molecule has 0 atom stereocenters. The Labute approximate surface area is 174 Å². The highest BCUT2D eigenvalue weighted by molar-refractivity contribution is 6.03. The summed E-state index contributed by atoms with van der Waals surface area (Å²) in [5, 5.41) is 6.04. The van der Waals surface area contributed by atoms with Crippen LogP contribution in [0.25, 0.3) is 0 Å². The van der Waals surface area contributed by atoms with Gasteiger partial charge < -0.3 is 15.4 Å². The van der Waals surface area contributed by atoms with E-state index in [-0.39, 0.29) is 11.6 Å². The molecule has 2 N–H and O–H groups in total. The number of carbonyl (C=O) groups excluding carboxylic acids is 1. The smallest absolute Gasteiger partial charge is 0.274 e. The molecule has 0 aliphatic carbocycles. The van der Waals surface area contributed by atoms with Crippen LogP contribution in [0.15, 0.2) is 91.0 Å². The van der Waals surface area contributed by atoms with Crippen LogP contribution < -0.4 is 15.4 Å². The van der Waals surface area contributed by atoms with Gasteiger partial charge in [0.15, 0.2) is 0 Å². The van der Waals surface area contributed by atoms with Gasteiger partial charge in [-0.25, -0.2) is 9.97 Å². The van der Waals surface area contributed by atoms with Gasteiger partial charge in [-0.3, -0.25) is 4.79 Å². The predicted molar refractivity (Wildman–Crippen MR) is 117 cm³/mol. The lowest BCUT2D eigenvalue weighted by Crippen LogP contribution is -2.15. The first-order valence-corrected chi connectivity index (χ1v) is 9.48. The highest BCUT2D eigenvalue weighted by Crippen LogP contribution is 2.23. The Morgan fingerprint density at radius 3 is 2.10 bits per heavy atom. The van der Waals surface area contributed by atoms with E-state index in [9.17, 15) is 4.79 Å². The zero-order chi connectivity index (χ0) is 20.8. The van der Waals surface area contributed by atoms with Crippen LogP contribution >= 0.6 is 0 Å². The zero-order valence-corrected chi connectivity index (χ0v) is 16.4. The van der Waals surface area contributed by atoms with Gasteiger partial charge in [-0.1, -0.05) is 36.4 Å². The lowest BCUT2D eigenvalue weighted by Gasteiger charge is -2.10. The topological polar surface area (TPSA) is 76.1 Å². The molecule has 0 aliphatic rings. The minimum absolute atomic E-state index is 0.283. The molecule has 1 heterocycles. The second-order valence-electron chi connectivity index (χ2n) is 6.57. The molecular weight excluding hydrogens is 376 g/mol. The monoisotopic (exact) mass is 396 g/mol. The van der Waals surface area contributed by atoms with E-state index in [1.165, 1.54) is 0 Å². The van der Waals surface area contributed by atoms with Crippen molar-refractivity contribution in [3.8, 4) is 11.5 Å². The lowest BCUT2D eigenvalue weighted by molar-refractivity contribution is 0.102. The molecule has 0 spiro atoms. The van der Waals surface area contributed by atoms with Gasteiger partial charge in [0, 0.05) is 17.4 Å². The number of aromatic nitrogens is 2. The maximum atomic E-state index is 12.7. The van der Waals surface area contributed by atoms with Crippen LogP contribution in [0.2, 0.25) is 0 Å². The van der Waals surface area contributed by atoms with E-state index in [0.717, 1.165) is 11.4 Å². The van der Waals surface area contributed by atoms with Crippen molar-refractivity contribution >= 4 is 23.1 Å². The van der Waals surface area contributed by atoms with E-state index in [4.69, 9.17) is 4.74 Å². The van der Waals surface area contributed by atoms with E-state index in [2.05, 4.69) is 20.6 Å². The largest absolute Gasteiger partial charge is 0.457 e. The molecule has 0 aliphatic heterocycles. The predicted octanol–water partition coefficient (Wildman–Crippen LogP) is 5.57. The van der Waals surface area contributed by atoms with Gasteiger partial charge in [-0.2, -0.15) is 0 Å². The third-order valence-corrected chi connectivity index (χ3v) is 4.21. The van der Waals surface area contributed by atoms with Crippen LogP contribution in [-0.4, -0.2) is 15.9 Å². The molecule has 3 aromatic carbocycles. The Bertz CT molecular complexity index is 1130. The fourth-order valence-electron chi connectivity index (χ4n) is 2.84. The highest BCUT2D eigenvalue weighted by atomic mass is 16.5. The molecule has 0 fully saturated rings. The van der Waals surface area contributed by atoms with Crippen molar-refractivity contribution in [2.75, 3.05) is 10.6 Å². The molecule has 1 aromatic heterocycles. The Morgan fingerprint density at radius 2 is 1.40 bits per heavy atom. The molecule has 0 saturated carbocycles. The van der Waals surface area contributed by atoms with Crippen molar-refractivity contribution < 1.29 is 9.53 Å². The summed E-state index contributed by atoms with van der Waals surface area (Å²) in [5.74, 6) is 2.20. The molecule has 6 nitrogen and oxygen atoms in total. The summed E-state index contributed by atoms with van der Waals surface area (Å²) in [6.45, 7) is 1.75. The number of rotatable bonds is 6. The van der Waals surface area contributed by atoms with Gasteiger partial charge in [0.05, 0.1) is 0 Å². The molecule has 30 heavy (non-hydrogen) atoms. The highest BCUT2D eigenvalue weighted by Gasteiger charge is 2.11. The number of anilines is 3. The molecule has 0 saturated heterocycles. The van der Waals surface area contributed by atoms with Crippen molar-refractivity contribution in [1.82, 2.24) is 9.97 Å². The first-order valence-electron chi connectivity index (χ1n) is 9.48. The third kappa shape index (κ3) is 4.99. The average Bonchev–Trinajstić information content (AvgIpc) is 2.76. The zero-order valence-electron chi connectivity index (χ0n) is 16.4. The standard InChI is InChI=1S/C24H20N4O2/c1-17-25-22(16-23(26-17)27-18-8-4-2-5-9-18)24(29)28-19-12-14-21(15-13-19)30-20-10-6-3-7-11-20/h2-16H,1H3,(H,28,29)(H,25,26,27). The molecule has 4 aromatic rings. The summed E-state index contributed by atoms with van der Waals surface area (Å²) in [7, 11) is 0. The van der Waals surface area contributed by atoms with Crippen LogP contribution in [0, 0.1) is 6.92 Å². The van der Waals surface area contributed by atoms with E-state index in [0.29, 0.717) is 23.1 Å². The van der Waals surface area contributed by atoms with Crippen molar-refractivity contribution in [2.24, 2.45) is 0 Å². The number of nitrogens with zero attached hydrogens (tertiary/aromatic N) is 2. The van der Waals surface area contributed by atoms with Crippen LogP contribution in [-0.2, 0) is 0 Å². The van der Waals surface area contributed by atoms with Gasteiger partial charge in [-0.15, -0.1) is 0 Å². The molecule has 6 heteroatoms. The normalized spacial score (nSPS) is 10.3. The van der Waals surface area contributed by atoms with Crippen molar-refractivity contribution in [1.29, 1.82) is 0 Å². The fraction of sp³-hybridized carbons (Fsp3) is 0.0417. The average molecular weight is 396 g/mol. The number of hydrogen-bond donors (Lipinski definition) is 2. The lowest BCUT2D eigenvalue weighted by atomic mass is 10.2. The number of ether oxygens (including phenoxy) is 1. The summed E-state index contributed by atoms with van der Waals surface area (Å²) in [5.41, 5.74) is 1.82. The van der Waals surface area contributed by atoms with Crippen molar-refractivity contribution in [3.05, 3.63) is 103 Å². The molecule has 0 unspecified atom stereocenters. The Hall–Kier alpha value is -4.19. The quantitative estimate of drug-likeness (QED) is 0.445. The SMILES string of the molecule is Cc1nc(Nc2ccccc2)cc(C(=O)Nc2ccc(Oc3ccccc3)cc2)n1. The maximum Gasteiger partial charge on any atom is 0.274 e. The van der Waals surface area contributed by atoms with Crippen LogP contribution in [0.5, 0.6) is 11.5 Å². The second kappa shape index (κ2) is 8.87. The van der Waals surface area contributed by atoms with E-state index >= 15 is 0 Å². The van der Waals surface area contributed by atoms with E-state index < -0.39 is 0 Å². The maximum absolute atomic E-state index is 12.7. The van der Waals surface area contributed by atoms with Crippen molar-refractivity contribution in [3.63, 3.8) is 0 Å². The Balaban J connectivity index is 1.44. The van der Waals surface area contributed by atoms with Crippen LogP contribution in [0.4, 0.5) is 17.2 Å². The number of amides is 1. The summed E-state index contributed by atoms with van der Waals surface area (Å²) < 4.78 is 5.77. The minimum atomic E-state index is -0.312. The third-order valence-electron chi connectivity index (χ3n) is 4.21. The van der Waals surface area contributed by atoms with Gasteiger partial charge in [0.25, 0.3) is 5.91 Å². The summed E-state index contributed by atoms with van der Waals surface area (Å²) in [4.78, 5) is 21.3. The number of carbonyl (C=O) groups is 1. The second-order valence-corrected chi connectivity index (χ2v) is 6.57. The molecule has 148 valence electrons. The molecule has 0 radical (unpaired) electrons. The van der Waals surface area contributed by atoms with E-state index in [1.54, 1.807) is 37.3 Å². The summed E-state index contributed by atoms with van der Waals surface area (Å²) in [6, 6.07) is 28.0. The molecule has 1 amide bonds. The van der Waals surface area contributed by atoms with Crippen molar-refractivity contribution in [2.45, 2.75) is 6.92 Å². The number of hydrogen-bond acceptors (Lipinski definition) is 5. The van der Waals surface area contributed by atoms with Gasteiger partial charge in [0.2, 0.25) is 0 Å². The van der Waals surface area contributed by atoms with Gasteiger partial charge in [-0.05, 0) is 55.5 Å². The van der Waals surface area contributed by atoms with Crippen LogP contribution in [0.3, 0.4) is 0 Å². The molecular formula is C24H20N4O2. The molecule has 4 rings (SSSR count).